The first-order chi connectivity index (χ1) is 18.4. The fourth-order valence-electron chi connectivity index (χ4n) is 5.14. The van der Waals surface area contributed by atoms with Crippen LogP contribution in [-0.4, -0.2) is 63.5 Å². The number of nitrogens with one attached hydrogen (secondary N) is 1. The summed E-state index contributed by atoms with van der Waals surface area (Å²) in [4.78, 5) is 20.8. The van der Waals surface area contributed by atoms with Crippen LogP contribution in [0.1, 0.15) is 52.8 Å². The highest BCUT2D eigenvalue weighted by atomic mass is 35.5. The maximum atomic E-state index is 11.9. The van der Waals surface area contributed by atoms with E-state index >= 15 is 0 Å². The Morgan fingerprint density at radius 3 is 2.72 bits per heavy atom. The Morgan fingerprint density at radius 2 is 1.95 bits per heavy atom. The van der Waals surface area contributed by atoms with E-state index in [0.29, 0.717) is 22.9 Å². The molecule has 1 aromatic carbocycles. The highest BCUT2D eigenvalue weighted by Crippen LogP contribution is 2.47. The molecule has 210 valence electrons. The molecule has 5 rings (SSSR count). The van der Waals surface area contributed by atoms with Crippen LogP contribution in [0.25, 0.3) is 11.0 Å². The molecular formula is C28H35ClN4O6. The van der Waals surface area contributed by atoms with Gasteiger partial charge in [-0.1, -0.05) is 11.6 Å². The van der Waals surface area contributed by atoms with Gasteiger partial charge in [-0.3, -0.25) is 0 Å². The second-order valence-corrected chi connectivity index (χ2v) is 11.7. The van der Waals surface area contributed by atoms with Gasteiger partial charge in [0.05, 0.1) is 18.3 Å². The highest BCUT2D eigenvalue weighted by molar-refractivity contribution is 6.30. The molecule has 1 N–H and O–H groups in total. The monoisotopic (exact) mass is 558 g/mol. The summed E-state index contributed by atoms with van der Waals surface area (Å²) in [6, 6.07) is 7.21. The maximum absolute atomic E-state index is 11.9. The molecule has 2 aromatic heterocycles. The van der Waals surface area contributed by atoms with Crippen LogP contribution < -0.4 is 14.8 Å². The maximum Gasteiger partial charge on any atom is 0.407 e. The number of halogens is 1. The van der Waals surface area contributed by atoms with Gasteiger partial charge in [-0.25, -0.2) is 14.8 Å². The SMILES string of the molecule is Cc1ncnc2c1ccn2[C@@H]1C[C@H](Oc2ccc(Cl)cc2OCCNC(=O)OC(C)(C)C)[C@H]2OC(C)(C)O[C@H]21. The van der Waals surface area contributed by atoms with Crippen molar-refractivity contribution in [2.24, 2.45) is 0 Å². The fourth-order valence-corrected chi connectivity index (χ4v) is 5.31. The van der Waals surface area contributed by atoms with Crippen molar-refractivity contribution in [1.29, 1.82) is 0 Å². The largest absolute Gasteiger partial charge is 0.488 e. The molecule has 1 aliphatic carbocycles. The van der Waals surface area contributed by atoms with E-state index in [9.17, 15) is 4.79 Å². The molecule has 11 heteroatoms. The third-order valence-corrected chi connectivity index (χ3v) is 6.90. The van der Waals surface area contributed by atoms with Gasteiger partial charge < -0.3 is 33.6 Å². The molecule has 3 aromatic rings. The minimum Gasteiger partial charge on any atom is -0.488 e. The van der Waals surface area contributed by atoms with Gasteiger partial charge in [0.15, 0.2) is 17.3 Å². The molecule has 1 saturated heterocycles. The summed E-state index contributed by atoms with van der Waals surface area (Å²) < 4.78 is 32.6. The lowest BCUT2D eigenvalue weighted by atomic mass is 10.2. The summed E-state index contributed by atoms with van der Waals surface area (Å²) in [7, 11) is 0. The summed E-state index contributed by atoms with van der Waals surface area (Å²) >= 11 is 6.27. The minimum absolute atomic E-state index is 0.0525. The molecule has 3 heterocycles. The van der Waals surface area contributed by atoms with Crippen LogP contribution in [0.4, 0.5) is 4.79 Å². The first-order valence-electron chi connectivity index (χ1n) is 13.1. The van der Waals surface area contributed by atoms with Crippen molar-refractivity contribution in [3.8, 4) is 11.5 Å². The second kappa shape index (κ2) is 10.5. The lowest BCUT2D eigenvalue weighted by Crippen LogP contribution is -2.34. The number of aromatic nitrogens is 3. The van der Waals surface area contributed by atoms with Crippen LogP contribution in [0.5, 0.6) is 11.5 Å². The molecule has 0 spiro atoms. The van der Waals surface area contributed by atoms with E-state index in [2.05, 4.69) is 19.9 Å². The number of fused-ring (bicyclic) bond motifs is 2. The Morgan fingerprint density at radius 1 is 1.18 bits per heavy atom. The molecule has 1 saturated carbocycles. The van der Waals surface area contributed by atoms with Crippen LogP contribution in [0, 0.1) is 6.92 Å². The van der Waals surface area contributed by atoms with Crippen molar-refractivity contribution in [1.82, 2.24) is 19.9 Å². The number of nitrogens with zero attached hydrogens (tertiary/aromatic N) is 3. The lowest BCUT2D eigenvalue weighted by molar-refractivity contribution is -0.163. The Hall–Kier alpha value is -3.08. The highest BCUT2D eigenvalue weighted by Gasteiger charge is 2.56. The zero-order valence-corrected chi connectivity index (χ0v) is 23.8. The van der Waals surface area contributed by atoms with Gasteiger partial charge in [0.2, 0.25) is 0 Å². The summed E-state index contributed by atoms with van der Waals surface area (Å²) in [5, 5.41) is 4.20. The van der Waals surface area contributed by atoms with Crippen LogP contribution in [0.3, 0.4) is 0 Å². The summed E-state index contributed by atoms with van der Waals surface area (Å²) in [6.07, 6.45) is 2.90. The zero-order chi connectivity index (χ0) is 27.9. The molecule has 39 heavy (non-hydrogen) atoms. The first-order valence-corrected chi connectivity index (χ1v) is 13.5. The van der Waals surface area contributed by atoms with Crippen LogP contribution in [0.15, 0.2) is 36.8 Å². The first kappa shape index (κ1) is 27.5. The minimum atomic E-state index is -0.754. The van der Waals surface area contributed by atoms with E-state index in [1.807, 2.05) is 53.8 Å². The van der Waals surface area contributed by atoms with E-state index in [1.165, 1.54) is 0 Å². The normalized spacial score (nSPS) is 24.0. The van der Waals surface area contributed by atoms with Crippen molar-refractivity contribution >= 4 is 28.7 Å². The molecule has 1 aliphatic heterocycles. The van der Waals surface area contributed by atoms with E-state index in [1.54, 1.807) is 24.5 Å². The average Bonchev–Trinajstić information content (AvgIpc) is 3.49. The summed E-state index contributed by atoms with van der Waals surface area (Å²) in [6.45, 7) is 11.7. The number of ether oxygens (including phenoxy) is 5. The van der Waals surface area contributed by atoms with Gasteiger partial charge in [-0.2, -0.15) is 0 Å². The molecule has 4 atom stereocenters. The number of hydrogen-bond acceptors (Lipinski definition) is 8. The summed E-state index contributed by atoms with van der Waals surface area (Å²) in [5.41, 5.74) is 1.21. The van der Waals surface area contributed by atoms with E-state index in [0.717, 1.165) is 16.7 Å². The number of carbonyl (C=O) groups is 1. The Labute approximate surface area is 232 Å². The quantitative estimate of drug-likeness (QED) is 0.394. The number of benzene rings is 1. The number of amides is 1. The smallest absolute Gasteiger partial charge is 0.407 e. The number of hydrogen-bond donors (Lipinski definition) is 1. The fraction of sp³-hybridized carbons (Fsp3) is 0.536. The lowest BCUT2D eigenvalue weighted by Gasteiger charge is -2.25. The molecule has 10 nitrogen and oxygen atoms in total. The third-order valence-electron chi connectivity index (χ3n) is 6.66. The number of aryl methyl sites for hydroxylation is 1. The van der Waals surface area contributed by atoms with E-state index < -0.39 is 17.5 Å². The third kappa shape index (κ3) is 6.08. The molecule has 0 unspecified atom stereocenters. The van der Waals surface area contributed by atoms with Gasteiger partial charge in [-0.15, -0.1) is 0 Å². The van der Waals surface area contributed by atoms with Gasteiger partial charge in [0.25, 0.3) is 0 Å². The van der Waals surface area contributed by atoms with Crippen molar-refractivity contribution in [2.75, 3.05) is 13.2 Å². The van der Waals surface area contributed by atoms with Crippen LogP contribution >= 0.6 is 11.6 Å². The standard InChI is InChI=1S/C28H35ClN4O6/c1-16-18-9-11-33(25(18)32-15-31-16)19-14-22(24-23(19)37-28(5,6)38-24)36-20-8-7-17(29)13-21(20)35-12-10-30-26(34)39-27(2,3)4/h7-9,11,13,15,19,22-24H,10,12,14H2,1-6H3,(H,30,34)/t19-,22+,23+,24-/m1/s1. The van der Waals surface area contributed by atoms with Gasteiger partial charge >= 0.3 is 6.09 Å². The van der Waals surface area contributed by atoms with Crippen molar-refractivity contribution in [3.63, 3.8) is 0 Å². The van der Waals surface area contributed by atoms with Crippen molar-refractivity contribution in [3.05, 3.63) is 47.5 Å². The average molecular weight is 559 g/mol. The van der Waals surface area contributed by atoms with Crippen molar-refractivity contribution in [2.45, 2.75) is 83.7 Å². The zero-order valence-electron chi connectivity index (χ0n) is 23.1. The Bertz CT molecular complexity index is 1350. The molecule has 0 bridgehead atoms. The summed E-state index contributed by atoms with van der Waals surface area (Å²) in [5.74, 6) is 0.252. The second-order valence-electron chi connectivity index (χ2n) is 11.3. The van der Waals surface area contributed by atoms with E-state index in [4.69, 9.17) is 35.3 Å². The number of carbonyl (C=O) groups excluding carboxylic acids is 1. The Balaban J connectivity index is 1.32. The predicted molar refractivity (Wildman–Crippen MR) is 145 cm³/mol. The predicted octanol–water partition coefficient (Wildman–Crippen LogP) is 5.21. The molecular weight excluding hydrogens is 524 g/mol. The molecule has 2 fully saturated rings. The van der Waals surface area contributed by atoms with Crippen molar-refractivity contribution < 1.29 is 28.5 Å². The van der Waals surface area contributed by atoms with E-state index in [-0.39, 0.29) is 37.5 Å². The molecule has 2 aliphatic rings. The van der Waals surface area contributed by atoms with Crippen LogP contribution in [-0.2, 0) is 14.2 Å². The molecule has 0 radical (unpaired) electrons. The number of rotatable bonds is 7. The Kier molecular flexibility index (Phi) is 7.39. The van der Waals surface area contributed by atoms with Gasteiger partial charge in [0.1, 0.15) is 42.5 Å². The van der Waals surface area contributed by atoms with Gasteiger partial charge in [0, 0.05) is 29.1 Å². The van der Waals surface area contributed by atoms with Crippen LogP contribution in [0.2, 0.25) is 5.02 Å². The van der Waals surface area contributed by atoms with Gasteiger partial charge in [-0.05, 0) is 59.7 Å². The topological polar surface area (TPSA) is 106 Å². The molecule has 1 amide bonds. The number of alkyl carbamates (subject to hydrolysis) is 1.